The fourth-order valence-corrected chi connectivity index (χ4v) is 4.22. The van der Waals surface area contributed by atoms with Crippen LogP contribution >= 0.6 is 0 Å². The van der Waals surface area contributed by atoms with Crippen LogP contribution in [0.4, 0.5) is 0 Å². The Hall–Kier alpha value is -2.42. The van der Waals surface area contributed by atoms with Gasteiger partial charge in [0.05, 0.1) is 0 Å². The highest BCUT2D eigenvalue weighted by molar-refractivity contribution is 5.86. The molecule has 0 unspecified atom stereocenters. The molecule has 0 aromatic heterocycles. The van der Waals surface area contributed by atoms with Crippen LogP contribution in [0.15, 0.2) is 72.8 Å². The Kier molecular flexibility index (Phi) is 5.66. The second kappa shape index (κ2) is 8.51. The molecule has 2 heteroatoms. The van der Waals surface area contributed by atoms with Crippen molar-refractivity contribution in [1.29, 1.82) is 0 Å². The van der Waals surface area contributed by atoms with E-state index >= 15 is 0 Å². The van der Waals surface area contributed by atoms with Gasteiger partial charge in [-0.25, -0.2) is 0 Å². The van der Waals surface area contributed by atoms with Crippen LogP contribution in [-0.4, -0.2) is 18.0 Å². The van der Waals surface area contributed by atoms with Crippen LogP contribution < -0.4 is 5.73 Å². The number of benzene rings is 3. The monoisotopic (exact) mass is 356 g/mol. The number of piperidine rings is 1. The van der Waals surface area contributed by atoms with Gasteiger partial charge in [-0.2, -0.15) is 0 Å². The van der Waals surface area contributed by atoms with E-state index in [1.165, 1.54) is 65.7 Å². The van der Waals surface area contributed by atoms with Crippen molar-refractivity contribution in [1.82, 2.24) is 4.90 Å². The van der Waals surface area contributed by atoms with Crippen LogP contribution in [0, 0.1) is 0 Å². The van der Waals surface area contributed by atoms with Crippen LogP contribution in [0.1, 0.15) is 30.4 Å². The number of nitrogens with two attached hydrogens (primary N) is 1. The average Bonchev–Trinajstić information content (AvgIpc) is 2.75. The van der Waals surface area contributed by atoms with E-state index in [0.717, 1.165) is 6.54 Å². The third kappa shape index (κ3) is 3.97. The van der Waals surface area contributed by atoms with Gasteiger partial charge in [-0.15, -0.1) is 0 Å². The number of hydrogen-bond acceptors (Lipinski definition) is 2. The maximum atomic E-state index is 6.32. The van der Waals surface area contributed by atoms with E-state index in [1.54, 1.807) is 0 Å². The van der Waals surface area contributed by atoms with Gasteiger partial charge in [0.1, 0.15) is 0 Å². The zero-order valence-electron chi connectivity index (χ0n) is 15.9. The zero-order valence-corrected chi connectivity index (χ0v) is 15.9. The predicted octanol–water partition coefficient (Wildman–Crippen LogP) is 5.47. The first-order chi connectivity index (χ1) is 13.4. The molecular weight excluding hydrogens is 328 g/mol. The highest BCUT2D eigenvalue weighted by atomic mass is 15.1. The fourth-order valence-electron chi connectivity index (χ4n) is 4.22. The van der Waals surface area contributed by atoms with Gasteiger partial charge in [0.15, 0.2) is 0 Å². The lowest BCUT2D eigenvalue weighted by Crippen LogP contribution is -2.29. The Morgan fingerprint density at radius 1 is 0.704 bits per heavy atom. The minimum Gasteiger partial charge on any atom is -0.326 e. The zero-order chi connectivity index (χ0) is 18.5. The van der Waals surface area contributed by atoms with Crippen molar-refractivity contribution in [3.05, 3.63) is 83.9 Å². The molecule has 0 radical (unpaired) electrons. The second-order valence-electron chi connectivity index (χ2n) is 7.40. The molecule has 2 nitrogen and oxygen atoms in total. The first kappa shape index (κ1) is 18.0. The number of hydrogen-bond donors (Lipinski definition) is 1. The normalized spacial score (nSPS) is 15.0. The molecule has 0 amide bonds. The van der Waals surface area contributed by atoms with E-state index in [-0.39, 0.29) is 0 Å². The highest BCUT2D eigenvalue weighted by Gasteiger charge is 2.18. The molecule has 0 spiro atoms. The molecule has 0 aliphatic carbocycles. The Bertz CT molecular complexity index is 866. The first-order valence-corrected chi connectivity index (χ1v) is 10.0. The maximum absolute atomic E-state index is 6.32. The molecule has 1 heterocycles. The molecule has 2 N–H and O–H groups in total. The van der Waals surface area contributed by atoms with Gasteiger partial charge in [0.25, 0.3) is 0 Å². The summed E-state index contributed by atoms with van der Waals surface area (Å²) >= 11 is 0. The summed E-state index contributed by atoms with van der Waals surface area (Å²) in [5, 5.41) is 0. The molecule has 3 aromatic carbocycles. The number of likely N-dealkylation sites (tertiary alicyclic amines) is 1. The highest BCUT2D eigenvalue weighted by Crippen LogP contribution is 2.37. The molecule has 27 heavy (non-hydrogen) atoms. The van der Waals surface area contributed by atoms with Crippen LogP contribution in [-0.2, 0) is 13.1 Å². The summed E-state index contributed by atoms with van der Waals surface area (Å²) in [7, 11) is 0. The van der Waals surface area contributed by atoms with Crippen molar-refractivity contribution < 1.29 is 0 Å². The molecule has 0 atom stereocenters. The summed E-state index contributed by atoms with van der Waals surface area (Å²) in [6.45, 7) is 3.96. The van der Waals surface area contributed by atoms with Gasteiger partial charge in [0.2, 0.25) is 0 Å². The maximum Gasteiger partial charge on any atom is 0.0237 e. The van der Waals surface area contributed by atoms with Crippen molar-refractivity contribution in [3.63, 3.8) is 0 Å². The van der Waals surface area contributed by atoms with Crippen molar-refractivity contribution in [2.75, 3.05) is 13.1 Å². The Balaban J connectivity index is 1.83. The van der Waals surface area contributed by atoms with Gasteiger partial charge in [-0.05, 0) is 59.3 Å². The van der Waals surface area contributed by atoms with Crippen LogP contribution in [0.5, 0.6) is 0 Å². The molecule has 138 valence electrons. The summed E-state index contributed by atoms with van der Waals surface area (Å²) in [5.41, 5.74) is 14.0. The van der Waals surface area contributed by atoms with Crippen LogP contribution in [0.25, 0.3) is 22.3 Å². The quantitative estimate of drug-likeness (QED) is 0.657. The molecule has 1 aliphatic rings. The van der Waals surface area contributed by atoms with Crippen molar-refractivity contribution in [2.45, 2.75) is 32.4 Å². The van der Waals surface area contributed by atoms with Gasteiger partial charge in [0, 0.05) is 13.1 Å². The minimum atomic E-state index is 0.564. The van der Waals surface area contributed by atoms with Crippen LogP contribution in [0.2, 0.25) is 0 Å². The lowest BCUT2D eigenvalue weighted by Gasteiger charge is -2.28. The van der Waals surface area contributed by atoms with Crippen molar-refractivity contribution in [3.8, 4) is 22.3 Å². The summed E-state index contributed by atoms with van der Waals surface area (Å²) in [5.74, 6) is 0. The summed E-state index contributed by atoms with van der Waals surface area (Å²) in [6, 6.07) is 25.9. The molecule has 1 saturated heterocycles. The van der Waals surface area contributed by atoms with E-state index in [1.807, 2.05) is 0 Å². The first-order valence-electron chi connectivity index (χ1n) is 10.0. The fraction of sp³-hybridized carbons (Fsp3) is 0.280. The van der Waals surface area contributed by atoms with Gasteiger partial charge in [-0.1, -0.05) is 79.2 Å². The van der Waals surface area contributed by atoms with Crippen molar-refractivity contribution in [2.24, 2.45) is 5.73 Å². The van der Waals surface area contributed by atoms with E-state index in [2.05, 4.69) is 77.7 Å². The summed E-state index contributed by atoms with van der Waals surface area (Å²) in [6.07, 6.45) is 3.99. The third-order valence-corrected chi connectivity index (χ3v) is 5.60. The standard InChI is InChI=1S/C25H28N2/c26-18-24-22(19-27-16-8-3-9-17-27)14-15-23(20-10-4-1-5-11-20)25(24)21-12-6-2-7-13-21/h1-2,4-7,10-15H,3,8-9,16-19,26H2. The van der Waals surface area contributed by atoms with Crippen molar-refractivity contribution >= 4 is 0 Å². The number of rotatable bonds is 5. The SMILES string of the molecule is NCc1c(CN2CCCCC2)ccc(-c2ccccc2)c1-c1ccccc1. The molecule has 4 rings (SSSR count). The summed E-state index contributed by atoms with van der Waals surface area (Å²) < 4.78 is 0. The lowest BCUT2D eigenvalue weighted by molar-refractivity contribution is 0.220. The Labute approximate surface area is 162 Å². The van der Waals surface area contributed by atoms with Gasteiger partial charge < -0.3 is 5.73 Å². The molecule has 1 aliphatic heterocycles. The van der Waals surface area contributed by atoms with E-state index < -0.39 is 0 Å². The summed E-state index contributed by atoms with van der Waals surface area (Å²) in [4.78, 5) is 2.58. The third-order valence-electron chi connectivity index (χ3n) is 5.60. The van der Waals surface area contributed by atoms with E-state index in [0.29, 0.717) is 6.54 Å². The van der Waals surface area contributed by atoms with Gasteiger partial charge in [-0.3, -0.25) is 4.90 Å². The molecular formula is C25H28N2. The minimum absolute atomic E-state index is 0.564. The Morgan fingerprint density at radius 3 is 1.96 bits per heavy atom. The average molecular weight is 357 g/mol. The molecule has 0 bridgehead atoms. The molecule has 3 aromatic rings. The number of nitrogens with zero attached hydrogens (tertiary/aromatic N) is 1. The van der Waals surface area contributed by atoms with E-state index in [4.69, 9.17) is 5.73 Å². The topological polar surface area (TPSA) is 29.3 Å². The molecule has 1 fully saturated rings. The Morgan fingerprint density at radius 2 is 1.33 bits per heavy atom. The largest absolute Gasteiger partial charge is 0.326 e. The van der Waals surface area contributed by atoms with Gasteiger partial charge >= 0.3 is 0 Å². The van der Waals surface area contributed by atoms with E-state index in [9.17, 15) is 0 Å². The van der Waals surface area contributed by atoms with Crippen LogP contribution in [0.3, 0.4) is 0 Å². The molecule has 0 saturated carbocycles. The second-order valence-corrected chi connectivity index (χ2v) is 7.40. The predicted molar refractivity (Wildman–Crippen MR) is 114 cm³/mol. The lowest BCUT2D eigenvalue weighted by atomic mass is 9.87. The smallest absolute Gasteiger partial charge is 0.0237 e.